The van der Waals surface area contributed by atoms with Gasteiger partial charge in [0.25, 0.3) is 5.91 Å². The number of nitrogens with one attached hydrogen (secondary N) is 1. The van der Waals surface area contributed by atoms with Crippen molar-refractivity contribution >= 4 is 18.5 Å². The Morgan fingerprint density at radius 1 is 1.11 bits per heavy atom. The van der Waals surface area contributed by atoms with Crippen molar-refractivity contribution in [3.8, 4) is 0 Å². The van der Waals surface area contributed by atoms with Gasteiger partial charge in [-0.1, -0.05) is 13.8 Å². The van der Waals surface area contributed by atoms with Gasteiger partial charge in [0.1, 0.15) is 24.4 Å². The van der Waals surface area contributed by atoms with Crippen LogP contribution in [0.3, 0.4) is 0 Å². The van der Waals surface area contributed by atoms with Gasteiger partial charge in [-0.05, 0) is 19.8 Å². The average Bonchev–Trinajstić information content (AvgIpc) is 2.67. The Balaban J connectivity index is 2.21. The van der Waals surface area contributed by atoms with E-state index >= 15 is 0 Å². The fourth-order valence-corrected chi connectivity index (χ4v) is 3.60. The zero-order valence-corrected chi connectivity index (χ0v) is 17.5. The Hall–Kier alpha value is -0.460. The quantitative estimate of drug-likeness (QED) is 0.289. The summed E-state index contributed by atoms with van der Waals surface area (Å²) in [5, 5.41) is 43.2. The summed E-state index contributed by atoms with van der Waals surface area (Å²) >= 11 is 4.14. The zero-order chi connectivity index (χ0) is 21.2. The predicted molar refractivity (Wildman–Crippen MR) is 103 cm³/mol. The van der Waals surface area contributed by atoms with Crippen LogP contribution in [0.5, 0.6) is 0 Å². The minimum atomic E-state index is -1.38. The maximum Gasteiger partial charge on any atom is 0.252 e. The summed E-state index contributed by atoms with van der Waals surface area (Å²) in [6.07, 6.45) is -8.37. The molecule has 5 N–H and O–H groups in total. The SMILES string of the molecule is CC(CS)NC(=O)C1OC(C)C(O)[C@@H](O)[C@@H]1O[C@@H]1OC(CO)[C@@H](O)C(C)C1C. The molecule has 2 fully saturated rings. The number of amides is 1. The molecule has 0 bridgehead atoms. The Kier molecular flexibility index (Phi) is 8.53. The minimum absolute atomic E-state index is 0.224. The summed E-state index contributed by atoms with van der Waals surface area (Å²) in [7, 11) is 0. The fraction of sp³-hybridized carbons (Fsp3) is 0.944. The lowest BCUT2D eigenvalue weighted by molar-refractivity contribution is -0.318. The monoisotopic (exact) mass is 423 g/mol. The Bertz CT molecular complexity index is 524. The van der Waals surface area contributed by atoms with E-state index < -0.39 is 61.5 Å². The fourth-order valence-electron chi connectivity index (χ4n) is 3.51. The summed E-state index contributed by atoms with van der Waals surface area (Å²) in [4.78, 5) is 12.7. The summed E-state index contributed by atoms with van der Waals surface area (Å²) in [6.45, 7) is 6.55. The third kappa shape index (κ3) is 4.99. The molecule has 2 heterocycles. The Morgan fingerprint density at radius 2 is 1.75 bits per heavy atom. The highest BCUT2D eigenvalue weighted by atomic mass is 32.1. The van der Waals surface area contributed by atoms with Crippen molar-refractivity contribution in [1.82, 2.24) is 5.32 Å². The zero-order valence-electron chi connectivity index (χ0n) is 16.6. The van der Waals surface area contributed by atoms with Gasteiger partial charge >= 0.3 is 0 Å². The van der Waals surface area contributed by atoms with Gasteiger partial charge in [0.15, 0.2) is 12.4 Å². The summed E-state index contributed by atoms with van der Waals surface area (Å²) < 4.78 is 17.2. The number of hydrogen-bond donors (Lipinski definition) is 6. The first-order chi connectivity index (χ1) is 13.1. The van der Waals surface area contributed by atoms with Crippen LogP contribution >= 0.6 is 12.6 Å². The van der Waals surface area contributed by atoms with Gasteiger partial charge in [-0.3, -0.25) is 4.79 Å². The molecule has 7 unspecified atom stereocenters. The normalized spacial score (nSPS) is 45.5. The minimum Gasteiger partial charge on any atom is -0.394 e. The molecule has 10 heteroatoms. The van der Waals surface area contributed by atoms with Crippen LogP contribution in [0, 0.1) is 11.8 Å². The molecule has 2 rings (SSSR count). The molecule has 0 radical (unpaired) electrons. The maximum absolute atomic E-state index is 12.7. The van der Waals surface area contributed by atoms with Crippen LogP contribution in [-0.2, 0) is 19.0 Å². The van der Waals surface area contributed by atoms with Crippen LogP contribution in [0.25, 0.3) is 0 Å². The van der Waals surface area contributed by atoms with Crippen LogP contribution in [-0.4, -0.2) is 93.8 Å². The molecule has 28 heavy (non-hydrogen) atoms. The second kappa shape index (κ2) is 10.0. The van der Waals surface area contributed by atoms with E-state index in [0.717, 1.165) is 0 Å². The van der Waals surface area contributed by atoms with E-state index in [4.69, 9.17) is 14.2 Å². The van der Waals surface area contributed by atoms with Crippen molar-refractivity contribution in [3.05, 3.63) is 0 Å². The van der Waals surface area contributed by atoms with Crippen LogP contribution in [0.1, 0.15) is 27.7 Å². The van der Waals surface area contributed by atoms with Crippen LogP contribution in [0.2, 0.25) is 0 Å². The highest BCUT2D eigenvalue weighted by molar-refractivity contribution is 7.80. The lowest BCUT2D eigenvalue weighted by atomic mass is 9.84. The first kappa shape index (κ1) is 23.8. The van der Waals surface area contributed by atoms with E-state index in [1.807, 2.05) is 0 Å². The molecule has 2 saturated heterocycles. The smallest absolute Gasteiger partial charge is 0.252 e. The van der Waals surface area contributed by atoms with Crippen molar-refractivity contribution in [2.75, 3.05) is 12.4 Å². The van der Waals surface area contributed by atoms with E-state index in [2.05, 4.69) is 17.9 Å². The van der Waals surface area contributed by atoms with Gasteiger partial charge in [0, 0.05) is 17.7 Å². The number of ether oxygens (including phenoxy) is 3. The molecule has 0 spiro atoms. The molecule has 0 aromatic carbocycles. The molecule has 9 nitrogen and oxygen atoms in total. The van der Waals surface area contributed by atoms with E-state index in [1.54, 1.807) is 27.7 Å². The van der Waals surface area contributed by atoms with Crippen LogP contribution < -0.4 is 5.32 Å². The molecule has 0 aromatic rings. The summed E-state index contributed by atoms with van der Waals surface area (Å²) in [6, 6.07) is -0.224. The molecule has 11 atom stereocenters. The van der Waals surface area contributed by atoms with Gasteiger partial charge in [0.05, 0.1) is 18.8 Å². The lowest BCUT2D eigenvalue weighted by Crippen LogP contribution is -2.64. The molecule has 2 aliphatic heterocycles. The molecule has 1 amide bonds. The van der Waals surface area contributed by atoms with Crippen molar-refractivity contribution in [1.29, 1.82) is 0 Å². The first-order valence-electron chi connectivity index (χ1n) is 9.65. The van der Waals surface area contributed by atoms with Crippen LogP contribution in [0.15, 0.2) is 0 Å². The Morgan fingerprint density at radius 3 is 2.32 bits per heavy atom. The second-order valence-corrected chi connectivity index (χ2v) is 8.24. The van der Waals surface area contributed by atoms with Gasteiger partial charge in [-0.2, -0.15) is 12.6 Å². The molecular weight excluding hydrogens is 390 g/mol. The predicted octanol–water partition coefficient (Wildman–Crippen LogP) is -1.33. The van der Waals surface area contributed by atoms with Gasteiger partial charge in [-0.15, -0.1) is 0 Å². The largest absolute Gasteiger partial charge is 0.394 e. The number of rotatable bonds is 6. The van der Waals surface area contributed by atoms with E-state index in [1.165, 1.54) is 0 Å². The number of carbonyl (C=O) groups excluding carboxylic acids is 1. The average molecular weight is 424 g/mol. The third-order valence-corrected chi connectivity index (χ3v) is 6.25. The molecule has 164 valence electrons. The summed E-state index contributed by atoms with van der Waals surface area (Å²) in [5.74, 6) is -0.611. The van der Waals surface area contributed by atoms with E-state index in [9.17, 15) is 25.2 Å². The number of carbonyl (C=O) groups is 1. The van der Waals surface area contributed by atoms with Crippen LogP contribution in [0.4, 0.5) is 0 Å². The van der Waals surface area contributed by atoms with Crippen molar-refractivity contribution in [2.24, 2.45) is 11.8 Å². The van der Waals surface area contributed by atoms with Crippen molar-refractivity contribution < 1.29 is 39.4 Å². The Labute approximate surface area is 170 Å². The molecular formula is C18H33NO8S. The maximum atomic E-state index is 12.7. The highest BCUT2D eigenvalue weighted by Gasteiger charge is 2.50. The number of aliphatic hydroxyl groups excluding tert-OH is 4. The molecule has 0 saturated carbocycles. The molecule has 0 aromatic heterocycles. The highest BCUT2D eigenvalue weighted by Crippen LogP contribution is 2.34. The van der Waals surface area contributed by atoms with Crippen molar-refractivity contribution in [3.63, 3.8) is 0 Å². The van der Waals surface area contributed by atoms with Gasteiger partial charge < -0.3 is 40.0 Å². The first-order valence-corrected chi connectivity index (χ1v) is 10.3. The van der Waals surface area contributed by atoms with Crippen molar-refractivity contribution in [2.45, 2.75) is 82.8 Å². The topological polar surface area (TPSA) is 138 Å². The third-order valence-electron chi connectivity index (χ3n) is 5.71. The standard InChI is InChI=1S/C18H33NO8S/c1-7(6-28)19-17(24)16-15(14(23)13(22)10(4)25-16)27-18-9(3)8(2)12(21)11(5-20)26-18/h7-16,18,20-23,28H,5-6H2,1-4H3,(H,19,24)/t7?,8?,9?,10?,11?,12-,13?,14+,15-,16?,18-/m0/s1. The number of hydrogen-bond acceptors (Lipinski definition) is 9. The van der Waals surface area contributed by atoms with E-state index in [-0.39, 0.29) is 17.9 Å². The lowest BCUT2D eigenvalue weighted by Gasteiger charge is -2.46. The number of aliphatic hydroxyl groups is 4. The molecule has 2 aliphatic rings. The van der Waals surface area contributed by atoms with E-state index in [0.29, 0.717) is 5.75 Å². The van der Waals surface area contributed by atoms with Gasteiger partial charge in [-0.25, -0.2) is 0 Å². The number of thiol groups is 1. The second-order valence-electron chi connectivity index (χ2n) is 7.87. The van der Waals surface area contributed by atoms with Gasteiger partial charge in [0.2, 0.25) is 0 Å². The summed E-state index contributed by atoms with van der Waals surface area (Å²) in [5.41, 5.74) is 0. The molecule has 0 aliphatic carbocycles.